The van der Waals surface area contributed by atoms with E-state index in [9.17, 15) is 13.2 Å². The van der Waals surface area contributed by atoms with Crippen LogP contribution in [0.1, 0.15) is 27.2 Å². The number of hydrogen-bond donors (Lipinski definition) is 1. The Kier molecular flexibility index (Phi) is 5.53. The van der Waals surface area contributed by atoms with Crippen molar-refractivity contribution in [3.8, 4) is 5.75 Å². The fourth-order valence-electron chi connectivity index (χ4n) is 3.64. The number of ether oxygens (including phenoxy) is 1. The number of anilines is 2. The summed E-state index contributed by atoms with van der Waals surface area (Å²) in [4.78, 5) is 15.5. The summed E-state index contributed by atoms with van der Waals surface area (Å²) in [5.41, 5.74) is 3.02. The number of sulfonamides is 1. The lowest BCUT2D eigenvalue weighted by molar-refractivity contribution is 0.0989. The summed E-state index contributed by atoms with van der Waals surface area (Å²) in [6.07, 6.45) is 1.62. The Balaban J connectivity index is 1.60. The van der Waals surface area contributed by atoms with E-state index in [4.69, 9.17) is 4.74 Å². The number of amides is 1. The topological polar surface area (TPSA) is 75.7 Å². The molecular formula is C22H22N2O4S2. The second-order valence-corrected chi connectivity index (χ2v) is 9.75. The Morgan fingerprint density at radius 1 is 1.17 bits per heavy atom. The fraction of sp³-hybridized carbons (Fsp3) is 0.227. The van der Waals surface area contributed by atoms with Gasteiger partial charge in [-0.15, -0.1) is 11.3 Å². The summed E-state index contributed by atoms with van der Waals surface area (Å²) in [5.74, 6) is 0.617. The number of carbonyl (C=O) groups is 1. The summed E-state index contributed by atoms with van der Waals surface area (Å²) in [5, 5.41) is 1.89. The number of fused-ring (bicyclic) bond motifs is 1. The van der Waals surface area contributed by atoms with Crippen LogP contribution in [0, 0.1) is 6.92 Å². The number of thiophene rings is 1. The van der Waals surface area contributed by atoms with Gasteiger partial charge in [0, 0.05) is 17.9 Å². The maximum atomic E-state index is 12.8. The fourth-order valence-corrected chi connectivity index (χ4v) is 5.44. The highest BCUT2D eigenvalue weighted by atomic mass is 32.2. The first-order valence-electron chi connectivity index (χ1n) is 9.55. The first kappa shape index (κ1) is 20.4. The number of rotatable bonds is 5. The van der Waals surface area contributed by atoms with Gasteiger partial charge in [-0.2, -0.15) is 0 Å². The van der Waals surface area contributed by atoms with Gasteiger partial charge in [-0.3, -0.25) is 9.52 Å². The summed E-state index contributed by atoms with van der Waals surface area (Å²) >= 11 is 1.42. The molecule has 8 heteroatoms. The van der Waals surface area contributed by atoms with Gasteiger partial charge in [-0.05, 0) is 78.7 Å². The average molecular weight is 443 g/mol. The lowest BCUT2D eigenvalue weighted by Crippen LogP contribution is -2.35. The van der Waals surface area contributed by atoms with E-state index in [0.29, 0.717) is 22.9 Å². The molecule has 0 fully saturated rings. The zero-order valence-corrected chi connectivity index (χ0v) is 18.3. The number of carbonyl (C=O) groups excluding carboxylic acids is 1. The van der Waals surface area contributed by atoms with Crippen LogP contribution >= 0.6 is 11.3 Å². The van der Waals surface area contributed by atoms with E-state index < -0.39 is 10.0 Å². The van der Waals surface area contributed by atoms with Crippen molar-refractivity contribution < 1.29 is 17.9 Å². The number of benzene rings is 2. The number of methoxy groups -OCH3 is 1. The number of aryl methyl sites for hydroxylation is 2. The average Bonchev–Trinajstić information content (AvgIpc) is 3.27. The van der Waals surface area contributed by atoms with E-state index in [2.05, 4.69) is 4.72 Å². The summed E-state index contributed by atoms with van der Waals surface area (Å²) < 4.78 is 33.5. The lowest BCUT2D eigenvalue weighted by Gasteiger charge is -2.29. The largest absolute Gasteiger partial charge is 0.496 e. The quantitative estimate of drug-likeness (QED) is 0.633. The minimum Gasteiger partial charge on any atom is -0.496 e. The highest BCUT2D eigenvalue weighted by Gasteiger charge is 2.25. The zero-order chi connectivity index (χ0) is 21.3. The van der Waals surface area contributed by atoms with Gasteiger partial charge in [0.2, 0.25) is 0 Å². The lowest BCUT2D eigenvalue weighted by atomic mass is 10.0. The molecule has 2 aromatic carbocycles. The van der Waals surface area contributed by atoms with E-state index in [1.807, 2.05) is 29.6 Å². The molecule has 1 aliphatic heterocycles. The normalized spacial score (nSPS) is 13.6. The zero-order valence-electron chi connectivity index (χ0n) is 16.7. The van der Waals surface area contributed by atoms with Gasteiger partial charge in [-0.25, -0.2) is 8.42 Å². The molecule has 1 aromatic heterocycles. The predicted octanol–water partition coefficient (Wildman–Crippen LogP) is 4.46. The third kappa shape index (κ3) is 3.93. The smallest absolute Gasteiger partial charge is 0.268 e. The van der Waals surface area contributed by atoms with E-state index in [1.54, 1.807) is 37.1 Å². The van der Waals surface area contributed by atoms with Crippen molar-refractivity contribution in [3.05, 3.63) is 69.9 Å². The molecule has 4 rings (SSSR count). The Morgan fingerprint density at radius 2 is 2.00 bits per heavy atom. The van der Waals surface area contributed by atoms with E-state index in [1.165, 1.54) is 17.4 Å². The molecule has 0 spiro atoms. The van der Waals surface area contributed by atoms with Crippen molar-refractivity contribution in [1.82, 2.24) is 0 Å². The van der Waals surface area contributed by atoms with Crippen LogP contribution in [-0.2, 0) is 16.4 Å². The molecule has 1 N–H and O–H groups in total. The van der Waals surface area contributed by atoms with Crippen LogP contribution < -0.4 is 14.4 Å². The summed E-state index contributed by atoms with van der Waals surface area (Å²) in [6, 6.07) is 13.8. The molecule has 0 saturated heterocycles. The van der Waals surface area contributed by atoms with Crippen LogP contribution in [0.25, 0.3) is 0 Å². The summed E-state index contributed by atoms with van der Waals surface area (Å²) in [7, 11) is -2.19. The van der Waals surface area contributed by atoms with Crippen molar-refractivity contribution in [2.24, 2.45) is 0 Å². The van der Waals surface area contributed by atoms with Crippen LogP contribution in [0.5, 0.6) is 5.75 Å². The molecule has 0 radical (unpaired) electrons. The highest BCUT2D eigenvalue weighted by Crippen LogP contribution is 2.32. The molecule has 30 heavy (non-hydrogen) atoms. The molecule has 2 heterocycles. The first-order chi connectivity index (χ1) is 14.4. The van der Waals surface area contributed by atoms with Gasteiger partial charge in [0.15, 0.2) is 0 Å². The molecular weight excluding hydrogens is 420 g/mol. The Hall–Kier alpha value is -2.84. The predicted molar refractivity (Wildman–Crippen MR) is 119 cm³/mol. The van der Waals surface area contributed by atoms with Crippen molar-refractivity contribution in [2.75, 3.05) is 23.3 Å². The van der Waals surface area contributed by atoms with Gasteiger partial charge in [0.25, 0.3) is 15.9 Å². The minimum atomic E-state index is -3.74. The maximum Gasteiger partial charge on any atom is 0.268 e. The van der Waals surface area contributed by atoms with Crippen LogP contribution in [0.2, 0.25) is 0 Å². The second-order valence-electron chi connectivity index (χ2n) is 7.12. The van der Waals surface area contributed by atoms with Crippen LogP contribution in [0.4, 0.5) is 11.4 Å². The molecule has 0 atom stereocenters. The Labute approximate surface area is 180 Å². The third-order valence-corrected chi connectivity index (χ3v) is 7.34. The minimum absolute atomic E-state index is 0.0204. The number of hydrogen-bond acceptors (Lipinski definition) is 5. The molecule has 6 nitrogen and oxygen atoms in total. The molecule has 0 bridgehead atoms. The van der Waals surface area contributed by atoms with Crippen LogP contribution in [0.3, 0.4) is 0 Å². The molecule has 0 saturated carbocycles. The van der Waals surface area contributed by atoms with E-state index >= 15 is 0 Å². The molecule has 0 aliphatic carbocycles. The van der Waals surface area contributed by atoms with Crippen molar-refractivity contribution >= 4 is 38.6 Å². The van der Waals surface area contributed by atoms with Crippen molar-refractivity contribution in [2.45, 2.75) is 24.7 Å². The molecule has 3 aromatic rings. The van der Waals surface area contributed by atoms with Crippen LogP contribution in [-0.4, -0.2) is 28.0 Å². The molecule has 1 amide bonds. The SMILES string of the molecule is COc1ccc(S(=O)(=O)Nc2ccc3c(c2)CCCN3C(=O)c2cccs2)cc1C. The van der Waals surface area contributed by atoms with Gasteiger partial charge >= 0.3 is 0 Å². The molecule has 0 unspecified atom stereocenters. The van der Waals surface area contributed by atoms with Gasteiger partial charge in [0.05, 0.1) is 16.9 Å². The van der Waals surface area contributed by atoms with Gasteiger partial charge < -0.3 is 9.64 Å². The molecule has 156 valence electrons. The Morgan fingerprint density at radius 3 is 2.70 bits per heavy atom. The van der Waals surface area contributed by atoms with E-state index in [0.717, 1.165) is 29.7 Å². The Bertz CT molecular complexity index is 1190. The van der Waals surface area contributed by atoms with Gasteiger partial charge in [0.1, 0.15) is 5.75 Å². The standard InChI is InChI=1S/C22H22N2O4S2/c1-15-13-18(8-10-20(15)28-2)30(26,27)23-17-7-9-19-16(14-17)5-3-11-24(19)22(25)21-6-4-12-29-21/h4,6-10,12-14,23H,3,5,11H2,1-2H3. The maximum absolute atomic E-state index is 12.8. The van der Waals surface area contributed by atoms with Crippen molar-refractivity contribution in [1.29, 1.82) is 0 Å². The van der Waals surface area contributed by atoms with E-state index in [-0.39, 0.29) is 10.8 Å². The highest BCUT2D eigenvalue weighted by molar-refractivity contribution is 7.92. The first-order valence-corrected chi connectivity index (χ1v) is 11.9. The van der Waals surface area contributed by atoms with Crippen LogP contribution in [0.15, 0.2) is 58.8 Å². The van der Waals surface area contributed by atoms with Gasteiger partial charge in [-0.1, -0.05) is 6.07 Å². The summed E-state index contributed by atoms with van der Waals surface area (Å²) in [6.45, 7) is 2.45. The number of nitrogens with one attached hydrogen (secondary N) is 1. The third-order valence-electron chi connectivity index (χ3n) is 5.10. The van der Waals surface area contributed by atoms with Crippen molar-refractivity contribution in [3.63, 3.8) is 0 Å². The molecule has 1 aliphatic rings. The monoisotopic (exact) mass is 442 g/mol. The second kappa shape index (κ2) is 8.12. The number of nitrogens with zero attached hydrogens (tertiary/aromatic N) is 1.